The molecule has 3 rings (SSSR count). The minimum Gasteiger partial charge on any atom is -0.466 e. The highest BCUT2D eigenvalue weighted by Gasteiger charge is 2.41. The zero-order chi connectivity index (χ0) is 25.9. The molecule has 0 bridgehead atoms. The van der Waals surface area contributed by atoms with Gasteiger partial charge in [-0.2, -0.15) is 13.2 Å². The van der Waals surface area contributed by atoms with Gasteiger partial charge in [-0.3, -0.25) is 9.59 Å². The first-order valence-electron chi connectivity index (χ1n) is 12.1. The molecule has 1 unspecified atom stereocenters. The molecule has 0 radical (unpaired) electrons. The van der Waals surface area contributed by atoms with Gasteiger partial charge < -0.3 is 14.8 Å². The normalized spacial score (nSPS) is 20.3. The third-order valence-corrected chi connectivity index (χ3v) is 7.09. The Morgan fingerprint density at radius 2 is 1.80 bits per heavy atom. The molecule has 192 valence electrons. The maximum Gasteiger partial charge on any atom is 0.471 e. The van der Waals surface area contributed by atoms with Crippen LogP contribution in [0.4, 0.5) is 18.9 Å². The average Bonchev–Trinajstić information content (AvgIpc) is 3.20. The van der Waals surface area contributed by atoms with Crippen molar-refractivity contribution in [2.24, 2.45) is 11.8 Å². The quantitative estimate of drug-likeness (QED) is 0.394. The van der Waals surface area contributed by atoms with Crippen molar-refractivity contribution >= 4 is 23.5 Å². The maximum absolute atomic E-state index is 13.1. The minimum absolute atomic E-state index is 0.0135. The fraction of sp³-hybridized carbons (Fsp3) is 0.577. The molecule has 9 heteroatoms. The van der Waals surface area contributed by atoms with E-state index in [9.17, 15) is 27.6 Å². The van der Waals surface area contributed by atoms with E-state index in [0.717, 1.165) is 42.4 Å². The van der Waals surface area contributed by atoms with Crippen LogP contribution in [0.15, 0.2) is 11.6 Å². The van der Waals surface area contributed by atoms with E-state index in [4.69, 9.17) is 9.47 Å². The number of hydrogen-bond donors (Lipinski definition) is 1. The van der Waals surface area contributed by atoms with Crippen LogP contribution in [0.5, 0.6) is 0 Å². The van der Waals surface area contributed by atoms with Crippen LogP contribution < -0.4 is 5.32 Å². The smallest absolute Gasteiger partial charge is 0.466 e. The number of rotatable bonds is 7. The molecule has 1 aliphatic carbocycles. The van der Waals surface area contributed by atoms with Gasteiger partial charge in [0.25, 0.3) is 0 Å². The molecule has 0 spiro atoms. The predicted octanol–water partition coefficient (Wildman–Crippen LogP) is 5.59. The third kappa shape index (κ3) is 5.54. The lowest BCUT2D eigenvalue weighted by Crippen LogP contribution is -2.31. The highest BCUT2D eigenvalue weighted by Crippen LogP contribution is 2.40. The van der Waals surface area contributed by atoms with Gasteiger partial charge >= 0.3 is 24.0 Å². The van der Waals surface area contributed by atoms with Crippen LogP contribution in [-0.4, -0.2) is 30.6 Å². The number of fused-ring (bicyclic) bond motifs is 1. The molecule has 0 saturated heterocycles. The van der Waals surface area contributed by atoms with E-state index in [0.29, 0.717) is 24.2 Å². The zero-order valence-electron chi connectivity index (χ0n) is 20.6. The Hall–Kier alpha value is -2.84. The van der Waals surface area contributed by atoms with Gasteiger partial charge in [-0.25, -0.2) is 4.79 Å². The Balaban J connectivity index is 2.04. The highest BCUT2D eigenvalue weighted by atomic mass is 19.4. The molecule has 2 aliphatic rings. The summed E-state index contributed by atoms with van der Waals surface area (Å²) in [4.78, 5) is 36.9. The van der Waals surface area contributed by atoms with E-state index >= 15 is 0 Å². The van der Waals surface area contributed by atoms with Crippen molar-refractivity contribution in [1.29, 1.82) is 0 Å². The molecule has 1 heterocycles. The number of ether oxygens (including phenoxy) is 2. The molecule has 1 aromatic carbocycles. The largest absolute Gasteiger partial charge is 0.471 e. The van der Waals surface area contributed by atoms with Crippen molar-refractivity contribution in [3.8, 4) is 0 Å². The molecular weight excluding hydrogens is 463 g/mol. The summed E-state index contributed by atoms with van der Waals surface area (Å²) in [6, 6.07) is 0. The topological polar surface area (TPSA) is 81.7 Å². The molecule has 0 aromatic heterocycles. The molecule has 1 aromatic rings. The summed E-state index contributed by atoms with van der Waals surface area (Å²) in [6.45, 7) is 7.63. The molecule has 1 fully saturated rings. The first-order chi connectivity index (χ1) is 16.5. The summed E-state index contributed by atoms with van der Waals surface area (Å²) >= 11 is 0. The summed E-state index contributed by atoms with van der Waals surface area (Å²) in [5.41, 5.74) is 3.31. The van der Waals surface area contributed by atoms with Crippen molar-refractivity contribution < 1.29 is 37.0 Å². The van der Waals surface area contributed by atoms with Crippen LogP contribution in [0, 0.1) is 18.8 Å². The number of amides is 1. The molecule has 35 heavy (non-hydrogen) atoms. The predicted molar refractivity (Wildman–Crippen MR) is 124 cm³/mol. The summed E-state index contributed by atoms with van der Waals surface area (Å²) < 4.78 is 49.8. The Labute approximate surface area is 203 Å². The third-order valence-electron chi connectivity index (χ3n) is 7.09. The molecule has 2 atom stereocenters. The van der Waals surface area contributed by atoms with Gasteiger partial charge in [0.1, 0.15) is 6.61 Å². The van der Waals surface area contributed by atoms with Crippen molar-refractivity contribution in [3.05, 3.63) is 39.5 Å². The number of nitrogens with one attached hydrogen (secondary N) is 1. The van der Waals surface area contributed by atoms with Crippen molar-refractivity contribution in [3.63, 3.8) is 0 Å². The van der Waals surface area contributed by atoms with E-state index < -0.39 is 18.1 Å². The highest BCUT2D eigenvalue weighted by molar-refractivity contribution is 6.06. The van der Waals surface area contributed by atoms with E-state index in [2.05, 4.69) is 0 Å². The molecule has 1 saturated carbocycles. The van der Waals surface area contributed by atoms with Gasteiger partial charge in [0.15, 0.2) is 0 Å². The van der Waals surface area contributed by atoms with Crippen LogP contribution in [0.3, 0.4) is 0 Å². The van der Waals surface area contributed by atoms with E-state index in [1.165, 1.54) is 0 Å². The van der Waals surface area contributed by atoms with Crippen LogP contribution in [0.1, 0.15) is 79.1 Å². The lowest BCUT2D eigenvalue weighted by molar-refractivity contribution is -0.167. The van der Waals surface area contributed by atoms with Gasteiger partial charge in [-0.05, 0) is 69.1 Å². The number of alkyl halides is 3. The number of cyclic esters (lactones) is 1. The summed E-state index contributed by atoms with van der Waals surface area (Å²) in [5, 5.41) is 1.96. The lowest BCUT2D eigenvalue weighted by atomic mass is 9.75. The Morgan fingerprint density at radius 1 is 1.14 bits per heavy atom. The van der Waals surface area contributed by atoms with E-state index in [1.54, 1.807) is 6.92 Å². The second kappa shape index (κ2) is 10.8. The van der Waals surface area contributed by atoms with E-state index in [1.807, 2.05) is 32.2 Å². The van der Waals surface area contributed by atoms with Crippen molar-refractivity contribution in [1.82, 2.24) is 0 Å². The number of esters is 2. The fourth-order valence-electron chi connectivity index (χ4n) is 5.31. The van der Waals surface area contributed by atoms with Gasteiger partial charge in [-0.15, -0.1) is 0 Å². The lowest BCUT2D eigenvalue weighted by Gasteiger charge is -2.31. The second-order valence-electron chi connectivity index (χ2n) is 9.09. The monoisotopic (exact) mass is 495 g/mol. The summed E-state index contributed by atoms with van der Waals surface area (Å²) in [5.74, 6) is -3.40. The molecule has 1 N–H and O–H groups in total. The number of hydrogen-bond acceptors (Lipinski definition) is 5. The SMILES string of the molecule is CCOC(=O)[C@@H]1CCCCC1C(C)=CCc1c(CC)c(C)c2c(c1NC(=O)C(F)(F)F)C(=O)OC2. The zero-order valence-corrected chi connectivity index (χ0v) is 20.6. The Kier molecular flexibility index (Phi) is 8.28. The average molecular weight is 496 g/mol. The maximum atomic E-state index is 13.1. The number of carbonyl (C=O) groups is 3. The number of benzene rings is 1. The van der Waals surface area contributed by atoms with Crippen LogP contribution in [-0.2, 0) is 38.5 Å². The standard InChI is InChI=1S/C26H32F3NO5/c1-5-16-15(4)20-13-35-24(32)21(20)22(30-25(33)26(27,28)29)18(16)12-11-14(3)17-9-7-8-10-19(17)23(31)34-6-2/h11,17,19H,5-10,12-13H2,1-4H3,(H,30,33)/t17?,19-/m1/s1. The number of carbonyl (C=O) groups excluding carboxylic acids is 3. The Morgan fingerprint density at radius 3 is 2.40 bits per heavy atom. The van der Waals surface area contributed by atoms with E-state index in [-0.39, 0.29) is 42.1 Å². The Bertz CT molecular complexity index is 1040. The number of allylic oxidation sites excluding steroid dienone is 2. The fourth-order valence-corrected chi connectivity index (χ4v) is 5.31. The van der Waals surface area contributed by atoms with Gasteiger partial charge in [0.05, 0.1) is 23.8 Å². The van der Waals surface area contributed by atoms with Crippen molar-refractivity contribution in [2.45, 2.75) is 79.0 Å². The van der Waals surface area contributed by atoms with Crippen LogP contribution >= 0.6 is 0 Å². The van der Waals surface area contributed by atoms with Crippen LogP contribution in [0.25, 0.3) is 0 Å². The van der Waals surface area contributed by atoms with Gasteiger partial charge in [0.2, 0.25) is 0 Å². The molecule has 1 amide bonds. The minimum atomic E-state index is -5.11. The van der Waals surface area contributed by atoms with Crippen molar-refractivity contribution in [2.75, 3.05) is 11.9 Å². The first-order valence-corrected chi connectivity index (χ1v) is 12.1. The van der Waals surface area contributed by atoms with Gasteiger partial charge in [0, 0.05) is 5.56 Å². The molecule has 6 nitrogen and oxygen atoms in total. The number of anilines is 1. The number of halogens is 3. The molecule has 1 aliphatic heterocycles. The second-order valence-corrected chi connectivity index (χ2v) is 9.09. The first kappa shape index (κ1) is 26.8. The summed E-state index contributed by atoms with van der Waals surface area (Å²) in [7, 11) is 0. The summed E-state index contributed by atoms with van der Waals surface area (Å²) in [6.07, 6.45) is 0.951. The molecular formula is C26H32F3NO5. The van der Waals surface area contributed by atoms with Gasteiger partial charge in [-0.1, -0.05) is 31.4 Å². The van der Waals surface area contributed by atoms with Crippen LogP contribution in [0.2, 0.25) is 0 Å².